The Morgan fingerprint density at radius 1 is 1.26 bits per heavy atom. The standard InChI is InChI=1S/C13H11ClN2O3/c1-8(17)16-10-2-4-11(5-3-10)19-13(18)12-6-9(14)7-15-12/h2-7,15H,1H3,(H,16,17). The van der Waals surface area contributed by atoms with Crippen molar-refractivity contribution in [1.82, 2.24) is 4.98 Å². The first-order chi connectivity index (χ1) is 9.04. The summed E-state index contributed by atoms with van der Waals surface area (Å²) < 4.78 is 5.13. The van der Waals surface area contributed by atoms with E-state index < -0.39 is 5.97 Å². The van der Waals surface area contributed by atoms with E-state index in [2.05, 4.69) is 10.3 Å². The first-order valence-corrected chi connectivity index (χ1v) is 5.86. The van der Waals surface area contributed by atoms with Gasteiger partial charge in [0.05, 0.1) is 5.02 Å². The molecule has 0 bridgehead atoms. The molecule has 0 saturated heterocycles. The SMILES string of the molecule is CC(=O)Nc1ccc(OC(=O)c2cc(Cl)c[nH]2)cc1. The second-order valence-corrected chi connectivity index (χ2v) is 4.26. The molecule has 0 aliphatic rings. The summed E-state index contributed by atoms with van der Waals surface area (Å²) in [4.78, 5) is 25.3. The van der Waals surface area contributed by atoms with Gasteiger partial charge in [-0.1, -0.05) is 11.6 Å². The molecule has 1 heterocycles. The molecule has 2 rings (SSSR count). The average molecular weight is 279 g/mol. The number of amides is 1. The molecule has 1 amide bonds. The molecular weight excluding hydrogens is 268 g/mol. The third-order valence-electron chi connectivity index (χ3n) is 2.25. The zero-order valence-corrected chi connectivity index (χ0v) is 10.8. The lowest BCUT2D eigenvalue weighted by atomic mass is 10.3. The third kappa shape index (κ3) is 3.59. The van der Waals surface area contributed by atoms with Crippen LogP contribution in [0.3, 0.4) is 0 Å². The van der Waals surface area contributed by atoms with Crippen LogP contribution in [0.5, 0.6) is 5.75 Å². The van der Waals surface area contributed by atoms with Crippen LogP contribution >= 0.6 is 11.6 Å². The first-order valence-electron chi connectivity index (χ1n) is 5.48. The van der Waals surface area contributed by atoms with Crippen molar-refractivity contribution in [3.8, 4) is 5.75 Å². The number of carbonyl (C=O) groups excluding carboxylic acids is 2. The van der Waals surface area contributed by atoms with Gasteiger partial charge in [-0.2, -0.15) is 0 Å². The number of rotatable bonds is 3. The average Bonchev–Trinajstić information content (AvgIpc) is 2.78. The van der Waals surface area contributed by atoms with Gasteiger partial charge in [-0.05, 0) is 30.3 Å². The Balaban J connectivity index is 2.03. The number of nitrogens with one attached hydrogen (secondary N) is 2. The minimum atomic E-state index is -0.529. The molecule has 5 nitrogen and oxygen atoms in total. The summed E-state index contributed by atoms with van der Waals surface area (Å²) in [6.45, 7) is 1.42. The van der Waals surface area contributed by atoms with E-state index >= 15 is 0 Å². The number of carbonyl (C=O) groups is 2. The van der Waals surface area contributed by atoms with Crippen molar-refractivity contribution in [3.63, 3.8) is 0 Å². The molecule has 0 radical (unpaired) electrons. The van der Waals surface area contributed by atoms with Gasteiger partial charge >= 0.3 is 5.97 Å². The van der Waals surface area contributed by atoms with Crippen molar-refractivity contribution in [2.24, 2.45) is 0 Å². The maximum absolute atomic E-state index is 11.7. The fraction of sp³-hybridized carbons (Fsp3) is 0.0769. The van der Waals surface area contributed by atoms with Gasteiger partial charge in [-0.15, -0.1) is 0 Å². The molecule has 0 fully saturated rings. The Kier molecular flexibility index (Phi) is 3.87. The van der Waals surface area contributed by atoms with Gasteiger partial charge in [-0.3, -0.25) is 4.79 Å². The summed E-state index contributed by atoms with van der Waals surface area (Å²) in [7, 11) is 0. The van der Waals surface area contributed by atoms with Crippen molar-refractivity contribution in [3.05, 3.63) is 47.2 Å². The molecule has 1 aromatic heterocycles. The highest BCUT2D eigenvalue weighted by atomic mass is 35.5. The molecule has 0 aliphatic heterocycles. The number of aromatic amines is 1. The van der Waals surface area contributed by atoms with Crippen molar-refractivity contribution in [1.29, 1.82) is 0 Å². The van der Waals surface area contributed by atoms with Crippen LogP contribution in [-0.2, 0) is 4.79 Å². The number of hydrogen-bond donors (Lipinski definition) is 2. The minimum absolute atomic E-state index is 0.161. The van der Waals surface area contributed by atoms with Crippen molar-refractivity contribution in [2.75, 3.05) is 5.32 Å². The van der Waals surface area contributed by atoms with E-state index in [4.69, 9.17) is 16.3 Å². The van der Waals surface area contributed by atoms with Gasteiger partial charge in [0.15, 0.2) is 0 Å². The number of H-pyrrole nitrogens is 1. The van der Waals surface area contributed by atoms with E-state index in [1.165, 1.54) is 19.2 Å². The molecule has 0 unspecified atom stereocenters. The number of ether oxygens (including phenoxy) is 1. The topological polar surface area (TPSA) is 71.2 Å². The molecular formula is C13H11ClN2O3. The summed E-state index contributed by atoms with van der Waals surface area (Å²) in [5.41, 5.74) is 0.908. The van der Waals surface area contributed by atoms with Crippen LogP contribution in [0.1, 0.15) is 17.4 Å². The number of anilines is 1. The van der Waals surface area contributed by atoms with Crippen LogP contribution in [-0.4, -0.2) is 16.9 Å². The largest absolute Gasteiger partial charge is 0.422 e. The molecule has 0 atom stereocenters. The van der Waals surface area contributed by atoms with Gasteiger partial charge < -0.3 is 15.0 Å². The molecule has 2 N–H and O–H groups in total. The van der Waals surface area contributed by atoms with Gasteiger partial charge in [0.25, 0.3) is 0 Å². The van der Waals surface area contributed by atoms with Crippen LogP contribution in [0.4, 0.5) is 5.69 Å². The molecule has 1 aromatic carbocycles. The summed E-state index contributed by atoms with van der Waals surface area (Å²) >= 11 is 5.70. The van der Waals surface area contributed by atoms with Gasteiger partial charge in [0.1, 0.15) is 11.4 Å². The Hall–Kier alpha value is -2.27. The predicted octanol–water partition coefficient (Wildman–Crippen LogP) is 2.85. The first kappa shape index (κ1) is 13.2. The van der Waals surface area contributed by atoms with E-state index in [-0.39, 0.29) is 11.6 Å². The number of aromatic nitrogens is 1. The minimum Gasteiger partial charge on any atom is -0.422 e. The van der Waals surface area contributed by atoms with E-state index in [0.717, 1.165) is 0 Å². The van der Waals surface area contributed by atoms with Gasteiger partial charge in [0.2, 0.25) is 5.91 Å². The molecule has 0 spiro atoms. The van der Waals surface area contributed by atoms with Crippen LogP contribution < -0.4 is 10.1 Å². The lowest BCUT2D eigenvalue weighted by molar-refractivity contribution is -0.114. The molecule has 0 saturated carbocycles. The van der Waals surface area contributed by atoms with Crippen LogP contribution in [0, 0.1) is 0 Å². The van der Waals surface area contributed by atoms with Crippen molar-refractivity contribution in [2.45, 2.75) is 6.92 Å². The Bertz CT molecular complexity index is 605. The highest BCUT2D eigenvalue weighted by molar-refractivity contribution is 6.30. The Morgan fingerprint density at radius 2 is 1.95 bits per heavy atom. The van der Waals surface area contributed by atoms with Gasteiger partial charge in [-0.25, -0.2) is 4.79 Å². The molecule has 6 heteroatoms. The fourth-order valence-corrected chi connectivity index (χ4v) is 1.62. The fourth-order valence-electron chi connectivity index (χ4n) is 1.46. The maximum Gasteiger partial charge on any atom is 0.360 e. The van der Waals surface area contributed by atoms with Crippen molar-refractivity contribution >= 4 is 29.2 Å². The summed E-state index contributed by atoms with van der Waals surface area (Å²) in [6.07, 6.45) is 1.50. The normalized spacial score (nSPS) is 10.0. The molecule has 19 heavy (non-hydrogen) atoms. The molecule has 98 valence electrons. The summed E-state index contributed by atoms with van der Waals surface area (Å²) in [5, 5.41) is 3.06. The van der Waals surface area contributed by atoms with Crippen LogP contribution in [0.2, 0.25) is 5.02 Å². The van der Waals surface area contributed by atoms with E-state index in [1.54, 1.807) is 24.3 Å². The second-order valence-electron chi connectivity index (χ2n) is 3.83. The molecule has 0 aliphatic carbocycles. The van der Waals surface area contributed by atoms with Crippen LogP contribution in [0.15, 0.2) is 36.5 Å². The summed E-state index contributed by atoms with van der Waals surface area (Å²) in [6, 6.07) is 7.95. The second kappa shape index (κ2) is 5.58. The highest BCUT2D eigenvalue weighted by Gasteiger charge is 2.10. The number of esters is 1. The lowest BCUT2D eigenvalue weighted by Crippen LogP contribution is -2.09. The van der Waals surface area contributed by atoms with E-state index in [1.807, 2.05) is 0 Å². The zero-order chi connectivity index (χ0) is 13.8. The van der Waals surface area contributed by atoms with Crippen LogP contribution in [0.25, 0.3) is 0 Å². The quantitative estimate of drug-likeness (QED) is 0.670. The Morgan fingerprint density at radius 3 is 2.47 bits per heavy atom. The lowest BCUT2D eigenvalue weighted by Gasteiger charge is -2.05. The number of hydrogen-bond acceptors (Lipinski definition) is 3. The van der Waals surface area contributed by atoms with Crippen molar-refractivity contribution < 1.29 is 14.3 Å². The van der Waals surface area contributed by atoms with E-state index in [0.29, 0.717) is 16.5 Å². The maximum atomic E-state index is 11.7. The smallest absolute Gasteiger partial charge is 0.360 e. The highest BCUT2D eigenvalue weighted by Crippen LogP contribution is 2.17. The zero-order valence-electron chi connectivity index (χ0n) is 10.1. The van der Waals surface area contributed by atoms with Gasteiger partial charge in [0, 0.05) is 18.8 Å². The molecule has 2 aromatic rings. The Labute approximate surface area is 114 Å². The number of halogens is 1. The third-order valence-corrected chi connectivity index (χ3v) is 2.47. The van der Waals surface area contributed by atoms with E-state index in [9.17, 15) is 9.59 Å². The predicted molar refractivity (Wildman–Crippen MR) is 71.5 cm³/mol. The summed E-state index contributed by atoms with van der Waals surface area (Å²) in [5.74, 6) is -0.310. The monoisotopic (exact) mass is 278 g/mol. The number of benzene rings is 1.